The van der Waals surface area contributed by atoms with Crippen LogP contribution in [0, 0.1) is 6.92 Å². The molecule has 8 nitrogen and oxygen atoms in total. The highest BCUT2D eigenvalue weighted by atomic mass is 19.4. The van der Waals surface area contributed by atoms with Crippen molar-refractivity contribution in [2.24, 2.45) is 0 Å². The molecule has 1 fully saturated rings. The number of piperidine rings is 1. The lowest BCUT2D eigenvalue weighted by molar-refractivity contribution is -0.138. The molecule has 1 saturated heterocycles. The number of ether oxygens (including phenoxy) is 1. The molecule has 0 N–H and O–H groups in total. The highest BCUT2D eigenvalue weighted by molar-refractivity contribution is 5.98. The van der Waals surface area contributed by atoms with E-state index in [9.17, 15) is 18.0 Å². The molecule has 1 amide bonds. The summed E-state index contributed by atoms with van der Waals surface area (Å²) in [7, 11) is 0. The van der Waals surface area contributed by atoms with Crippen molar-refractivity contribution in [1.82, 2.24) is 29.9 Å². The lowest BCUT2D eigenvalue weighted by Crippen LogP contribution is -2.51. The van der Waals surface area contributed by atoms with Crippen molar-refractivity contribution in [2.45, 2.75) is 45.0 Å². The molecule has 11 heteroatoms. The third-order valence-electron chi connectivity index (χ3n) is 5.41. The molecule has 3 aromatic rings. The zero-order valence-electron chi connectivity index (χ0n) is 17.5. The Kier molecular flexibility index (Phi) is 5.81. The van der Waals surface area contributed by atoms with Crippen LogP contribution in [0.5, 0.6) is 6.01 Å². The summed E-state index contributed by atoms with van der Waals surface area (Å²) in [4.78, 5) is 23.9. The summed E-state index contributed by atoms with van der Waals surface area (Å²) >= 11 is 0. The number of carbonyl (C=O) groups is 1. The van der Waals surface area contributed by atoms with E-state index >= 15 is 0 Å². The largest absolute Gasteiger partial charge is 0.458 e. The quantitative estimate of drug-likeness (QED) is 0.610. The smallest absolute Gasteiger partial charge is 0.419 e. The number of halogens is 3. The number of aromatic nitrogens is 5. The van der Waals surface area contributed by atoms with Crippen LogP contribution in [0.4, 0.5) is 13.2 Å². The van der Waals surface area contributed by atoms with E-state index in [0.717, 1.165) is 5.56 Å². The summed E-state index contributed by atoms with van der Waals surface area (Å²) in [5.74, 6) is -0.202. The summed E-state index contributed by atoms with van der Waals surface area (Å²) in [6, 6.07) is 4.93. The highest BCUT2D eigenvalue weighted by Crippen LogP contribution is 2.29. The van der Waals surface area contributed by atoms with Crippen LogP contribution in [0.1, 0.15) is 41.3 Å². The molecule has 2 unspecified atom stereocenters. The van der Waals surface area contributed by atoms with Crippen LogP contribution >= 0.6 is 0 Å². The Morgan fingerprint density at radius 1 is 1.16 bits per heavy atom. The summed E-state index contributed by atoms with van der Waals surface area (Å²) < 4.78 is 43.9. The second-order valence-corrected chi connectivity index (χ2v) is 7.63. The van der Waals surface area contributed by atoms with E-state index in [0.29, 0.717) is 43.0 Å². The summed E-state index contributed by atoms with van der Waals surface area (Å²) in [6.07, 6.45) is 0.764. The average molecular weight is 446 g/mol. The van der Waals surface area contributed by atoms with Gasteiger partial charge in [-0.3, -0.25) is 4.79 Å². The first-order chi connectivity index (χ1) is 15.2. The number of alkyl halides is 3. The number of rotatable bonds is 4. The van der Waals surface area contributed by atoms with Gasteiger partial charge in [-0.25, -0.2) is 9.97 Å². The first-order valence-electron chi connectivity index (χ1n) is 10.1. The molecule has 168 valence electrons. The standard InChI is InChI=1S/C21H21F3N6O2/c1-13-5-6-16(17(10-13)30-27-7-8-28-30)19(31)29-9-3-4-18(14(29)2)32-20-25-11-15(12-26-20)21(22,23)24/h5-8,10-12,14,18H,3-4,9H2,1-2H3. The Labute approximate surface area is 182 Å². The molecule has 0 aliphatic carbocycles. The number of nitrogens with zero attached hydrogens (tertiary/aromatic N) is 6. The number of hydrogen-bond acceptors (Lipinski definition) is 6. The topological polar surface area (TPSA) is 86.0 Å². The molecule has 3 heterocycles. The van der Waals surface area contributed by atoms with Gasteiger partial charge in [0, 0.05) is 18.9 Å². The molecular weight excluding hydrogens is 425 g/mol. The fourth-order valence-corrected chi connectivity index (χ4v) is 3.69. The maximum Gasteiger partial charge on any atom is 0.419 e. The van der Waals surface area contributed by atoms with Crippen molar-refractivity contribution in [1.29, 1.82) is 0 Å². The van der Waals surface area contributed by atoms with Gasteiger partial charge in [0.15, 0.2) is 0 Å². The van der Waals surface area contributed by atoms with Gasteiger partial charge < -0.3 is 9.64 Å². The van der Waals surface area contributed by atoms with Crippen molar-refractivity contribution >= 4 is 5.91 Å². The zero-order chi connectivity index (χ0) is 22.9. The predicted molar refractivity (Wildman–Crippen MR) is 107 cm³/mol. The van der Waals surface area contributed by atoms with E-state index in [4.69, 9.17) is 4.74 Å². The number of hydrogen-bond donors (Lipinski definition) is 0. The number of amides is 1. The van der Waals surface area contributed by atoms with Crippen LogP contribution in [0.2, 0.25) is 0 Å². The molecule has 1 aliphatic rings. The molecule has 0 saturated carbocycles. The maximum absolute atomic E-state index is 13.4. The van der Waals surface area contributed by atoms with Crippen LogP contribution in [0.25, 0.3) is 5.69 Å². The van der Waals surface area contributed by atoms with Gasteiger partial charge in [0.2, 0.25) is 0 Å². The van der Waals surface area contributed by atoms with Crippen molar-refractivity contribution < 1.29 is 22.7 Å². The maximum atomic E-state index is 13.4. The van der Waals surface area contributed by atoms with Gasteiger partial charge in [0.1, 0.15) is 6.10 Å². The Hall–Kier alpha value is -3.50. The molecule has 1 aromatic carbocycles. The number of carbonyl (C=O) groups excluding carboxylic acids is 1. The van der Waals surface area contributed by atoms with E-state index in [1.54, 1.807) is 11.0 Å². The van der Waals surface area contributed by atoms with Crippen LogP contribution in [-0.4, -0.2) is 54.5 Å². The van der Waals surface area contributed by atoms with Crippen LogP contribution in [0.15, 0.2) is 43.0 Å². The molecular formula is C21H21F3N6O2. The van der Waals surface area contributed by atoms with Crippen molar-refractivity contribution in [3.8, 4) is 11.7 Å². The fraction of sp³-hybridized carbons (Fsp3) is 0.381. The van der Waals surface area contributed by atoms with Gasteiger partial charge in [-0.1, -0.05) is 6.07 Å². The molecule has 2 atom stereocenters. The molecule has 2 aromatic heterocycles. The normalized spacial score (nSPS) is 19.1. The number of benzene rings is 1. The number of likely N-dealkylation sites (tertiary alicyclic amines) is 1. The van der Waals surface area contributed by atoms with Crippen molar-refractivity contribution in [2.75, 3.05) is 6.54 Å². The van der Waals surface area contributed by atoms with E-state index in [1.165, 1.54) is 17.2 Å². The van der Waals surface area contributed by atoms with E-state index in [2.05, 4.69) is 20.2 Å². The summed E-state index contributed by atoms with van der Waals surface area (Å²) in [6.45, 7) is 4.28. The van der Waals surface area contributed by atoms with Crippen molar-refractivity contribution in [3.05, 3.63) is 59.7 Å². The lowest BCUT2D eigenvalue weighted by Gasteiger charge is -2.39. The first kappa shape index (κ1) is 21.7. The van der Waals surface area contributed by atoms with E-state index in [-0.39, 0.29) is 18.0 Å². The van der Waals surface area contributed by atoms with Crippen molar-refractivity contribution in [3.63, 3.8) is 0 Å². The fourth-order valence-electron chi connectivity index (χ4n) is 3.69. The minimum atomic E-state index is -4.52. The predicted octanol–water partition coefficient (Wildman–Crippen LogP) is 3.46. The van der Waals surface area contributed by atoms with E-state index < -0.39 is 17.8 Å². The monoisotopic (exact) mass is 446 g/mol. The molecule has 0 radical (unpaired) electrons. The summed E-state index contributed by atoms with van der Waals surface area (Å²) in [5, 5.41) is 8.29. The first-order valence-corrected chi connectivity index (χ1v) is 10.1. The van der Waals surface area contributed by atoms with Gasteiger partial charge in [-0.05, 0) is 44.4 Å². The Morgan fingerprint density at radius 2 is 1.84 bits per heavy atom. The van der Waals surface area contributed by atoms with E-state index in [1.807, 2.05) is 26.0 Å². The Bertz CT molecular complexity index is 1090. The minimum absolute atomic E-state index is 0.152. The van der Waals surface area contributed by atoms with Gasteiger partial charge in [-0.15, -0.1) is 0 Å². The molecule has 0 spiro atoms. The van der Waals surface area contributed by atoms with Crippen LogP contribution in [0.3, 0.4) is 0 Å². The average Bonchev–Trinajstić information content (AvgIpc) is 3.29. The summed E-state index contributed by atoms with van der Waals surface area (Å²) in [5.41, 5.74) is 1.03. The molecule has 1 aliphatic heterocycles. The second-order valence-electron chi connectivity index (χ2n) is 7.63. The molecule has 4 rings (SSSR count). The third kappa shape index (κ3) is 4.41. The second kappa shape index (κ2) is 8.56. The van der Waals surface area contributed by atoms with Gasteiger partial charge in [0.25, 0.3) is 5.91 Å². The number of aryl methyl sites for hydroxylation is 1. The minimum Gasteiger partial charge on any atom is -0.458 e. The van der Waals surface area contributed by atoms with Gasteiger partial charge in [0.05, 0.1) is 35.2 Å². The molecule has 0 bridgehead atoms. The van der Waals surface area contributed by atoms with Gasteiger partial charge >= 0.3 is 12.2 Å². The zero-order valence-corrected chi connectivity index (χ0v) is 17.5. The van der Waals surface area contributed by atoms with Crippen LogP contribution in [-0.2, 0) is 6.18 Å². The molecule has 32 heavy (non-hydrogen) atoms. The highest BCUT2D eigenvalue weighted by Gasteiger charge is 2.35. The SMILES string of the molecule is Cc1ccc(C(=O)N2CCCC(Oc3ncc(C(F)(F)F)cn3)C2C)c(-n2nccn2)c1. The lowest BCUT2D eigenvalue weighted by atomic mass is 9.98. The third-order valence-corrected chi connectivity index (χ3v) is 5.41. The van der Waals surface area contributed by atoms with Gasteiger partial charge in [-0.2, -0.15) is 28.2 Å². The van der Waals surface area contributed by atoms with Crippen LogP contribution < -0.4 is 4.74 Å². The Balaban J connectivity index is 1.54. The Morgan fingerprint density at radius 3 is 2.50 bits per heavy atom.